The highest BCUT2D eigenvalue weighted by atomic mass is 14.3. The quantitative estimate of drug-likeness (QED) is 0.576. The van der Waals surface area contributed by atoms with Crippen molar-refractivity contribution in [2.24, 2.45) is 5.92 Å². The Labute approximate surface area is 86.7 Å². The van der Waals surface area contributed by atoms with E-state index in [1.165, 1.54) is 22.3 Å². The van der Waals surface area contributed by atoms with Crippen molar-refractivity contribution in [1.82, 2.24) is 0 Å². The minimum atomic E-state index is 0.599. The average Bonchev–Trinajstić information content (AvgIpc) is 2.62. The third-order valence-corrected chi connectivity index (χ3v) is 3.46. The molecule has 0 aromatic carbocycles. The predicted molar refractivity (Wildman–Crippen MR) is 62.1 cm³/mol. The molecule has 1 atom stereocenters. The first-order chi connectivity index (χ1) is 6.61. The van der Waals surface area contributed by atoms with E-state index in [2.05, 4.69) is 45.9 Å². The molecule has 0 spiro atoms. The molecule has 0 saturated heterocycles. The van der Waals surface area contributed by atoms with Gasteiger partial charge in [0.05, 0.1) is 0 Å². The smallest absolute Gasteiger partial charge is 0.000132 e. The first-order valence-corrected chi connectivity index (χ1v) is 5.37. The second-order valence-corrected chi connectivity index (χ2v) is 4.47. The van der Waals surface area contributed by atoms with E-state index in [1.807, 2.05) is 0 Å². The Morgan fingerprint density at radius 1 is 1.21 bits per heavy atom. The summed E-state index contributed by atoms with van der Waals surface area (Å²) in [4.78, 5) is 0. The molecule has 0 heterocycles. The molecule has 14 heavy (non-hydrogen) atoms. The SMILES string of the molecule is CC1=C(C2=CCC(C)=C2C)C(C)C=C1. The van der Waals surface area contributed by atoms with Crippen LogP contribution >= 0.6 is 0 Å². The zero-order valence-electron chi connectivity index (χ0n) is 9.52. The van der Waals surface area contributed by atoms with E-state index in [0.717, 1.165) is 6.42 Å². The van der Waals surface area contributed by atoms with Gasteiger partial charge in [-0.1, -0.05) is 30.7 Å². The molecule has 1 unspecified atom stereocenters. The minimum absolute atomic E-state index is 0.599. The van der Waals surface area contributed by atoms with Crippen molar-refractivity contribution >= 4 is 0 Å². The Hall–Kier alpha value is -1.04. The molecule has 0 aromatic rings. The van der Waals surface area contributed by atoms with Crippen molar-refractivity contribution in [1.29, 1.82) is 0 Å². The van der Waals surface area contributed by atoms with Crippen LogP contribution in [0.25, 0.3) is 0 Å². The lowest BCUT2D eigenvalue weighted by molar-refractivity contribution is 0.888. The van der Waals surface area contributed by atoms with Gasteiger partial charge in [0.1, 0.15) is 0 Å². The summed E-state index contributed by atoms with van der Waals surface area (Å²) in [6.45, 7) is 8.99. The first kappa shape index (κ1) is 9.51. The van der Waals surface area contributed by atoms with E-state index >= 15 is 0 Å². The highest BCUT2D eigenvalue weighted by Gasteiger charge is 2.21. The van der Waals surface area contributed by atoms with Crippen LogP contribution in [0.5, 0.6) is 0 Å². The Balaban J connectivity index is 2.40. The van der Waals surface area contributed by atoms with E-state index in [1.54, 1.807) is 5.57 Å². The third-order valence-electron chi connectivity index (χ3n) is 3.46. The van der Waals surface area contributed by atoms with Crippen LogP contribution in [0.2, 0.25) is 0 Å². The second-order valence-electron chi connectivity index (χ2n) is 4.47. The number of hydrogen-bond acceptors (Lipinski definition) is 0. The average molecular weight is 186 g/mol. The van der Waals surface area contributed by atoms with E-state index in [0.29, 0.717) is 5.92 Å². The predicted octanol–water partition coefficient (Wildman–Crippen LogP) is 4.18. The van der Waals surface area contributed by atoms with Gasteiger partial charge < -0.3 is 0 Å². The van der Waals surface area contributed by atoms with Crippen LogP contribution in [0.1, 0.15) is 34.1 Å². The monoisotopic (exact) mass is 186 g/mol. The van der Waals surface area contributed by atoms with Gasteiger partial charge in [-0.2, -0.15) is 0 Å². The lowest BCUT2D eigenvalue weighted by Gasteiger charge is -2.13. The highest BCUT2D eigenvalue weighted by Crippen LogP contribution is 2.38. The van der Waals surface area contributed by atoms with Crippen LogP contribution in [0.4, 0.5) is 0 Å². The van der Waals surface area contributed by atoms with Crippen LogP contribution < -0.4 is 0 Å². The van der Waals surface area contributed by atoms with Crippen LogP contribution in [-0.4, -0.2) is 0 Å². The summed E-state index contributed by atoms with van der Waals surface area (Å²) in [7, 11) is 0. The molecule has 74 valence electrons. The molecule has 0 heteroatoms. The summed E-state index contributed by atoms with van der Waals surface area (Å²) in [6.07, 6.45) is 8.08. The number of rotatable bonds is 1. The molecule has 0 aromatic heterocycles. The van der Waals surface area contributed by atoms with Crippen LogP contribution in [-0.2, 0) is 0 Å². The lowest BCUT2D eigenvalue weighted by atomic mass is 9.91. The molecule has 2 aliphatic rings. The lowest BCUT2D eigenvalue weighted by Crippen LogP contribution is -1.98. The van der Waals surface area contributed by atoms with Crippen molar-refractivity contribution in [3.05, 3.63) is 46.1 Å². The van der Waals surface area contributed by atoms with Crippen molar-refractivity contribution in [3.8, 4) is 0 Å². The van der Waals surface area contributed by atoms with Gasteiger partial charge in [0.15, 0.2) is 0 Å². The number of hydrogen-bond donors (Lipinski definition) is 0. The largest absolute Gasteiger partial charge is 0.0770 e. The van der Waals surface area contributed by atoms with Crippen LogP contribution in [0.3, 0.4) is 0 Å². The first-order valence-electron chi connectivity index (χ1n) is 5.37. The Kier molecular flexibility index (Phi) is 2.22. The van der Waals surface area contributed by atoms with Gasteiger partial charge in [-0.05, 0) is 49.5 Å². The molecular formula is C14H18. The van der Waals surface area contributed by atoms with Crippen molar-refractivity contribution in [3.63, 3.8) is 0 Å². The summed E-state index contributed by atoms with van der Waals surface area (Å²) >= 11 is 0. The molecule has 0 aliphatic heterocycles. The van der Waals surface area contributed by atoms with E-state index in [4.69, 9.17) is 0 Å². The van der Waals surface area contributed by atoms with Crippen molar-refractivity contribution < 1.29 is 0 Å². The molecule has 0 nitrogen and oxygen atoms in total. The second kappa shape index (κ2) is 3.27. The van der Waals surface area contributed by atoms with Crippen LogP contribution in [0.15, 0.2) is 46.1 Å². The molecule has 0 saturated carbocycles. The van der Waals surface area contributed by atoms with Gasteiger partial charge in [0.2, 0.25) is 0 Å². The zero-order chi connectivity index (χ0) is 10.3. The highest BCUT2D eigenvalue weighted by molar-refractivity contribution is 5.58. The summed E-state index contributed by atoms with van der Waals surface area (Å²) in [5.41, 5.74) is 7.50. The Morgan fingerprint density at radius 2 is 1.93 bits per heavy atom. The fourth-order valence-electron chi connectivity index (χ4n) is 2.39. The fraction of sp³-hybridized carbons (Fsp3) is 0.429. The van der Waals surface area contributed by atoms with E-state index in [9.17, 15) is 0 Å². The Morgan fingerprint density at radius 3 is 2.36 bits per heavy atom. The fourth-order valence-corrected chi connectivity index (χ4v) is 2.39. The van der Waals surface area contributed by atoms with Gasteiger partial charge in [0.25, 0.3) is 0 Å². The maximum absolute atomic E-state index is 2.38. The van der Waals surface area contributed by atoms with Crippen molar-refractivity contribution in [2.45, 2.75) is 34.1 Å². The standard InChI is InChI=1S/C14H18/c1-9-7-8-13(12(9)4)14-10(2)5-6-11(14)3/h5-6,8,10H,7H2,1-4H3. The maximum Gasteiger partial charge on any atom is 0.000132 e. The molecule has 0 N–H and O–H groups in total. The summed E-state index contributed by atoms with van der Waals surface area (Å²) in [6, 6.07) is 0. The summed E-state index contributed by atoms with van der Waals surface area (Å²) in [5, 5.41) is 0. The molecule has 0 radical (unpaired) electrons. The van der Waals surface area contributed by atoms with Gasteiger partial charge in [-0.3, -0.25) is 0 Å². The molecule has 2 rings (SSSR count). The zero-order valence-corrected chi connectivity index (χ0v) is 9.52. The normalized spacial score (nSPS) is 26.6. The molecule has 0 bridgehead atoms. The number of allylic oxidation sites excluding steroid dienone is 8. The van der Waals surface area contributed by atoms with Gasteiger partial charge in [0, 0.05) is 5.92 Å². The molecule has 0 amide bonds. The van der Waals surface area contributed by atoms with E-state index < -0.39 is 0 Å². The topological polar surface area (TPSA) is 0 Å². The van der Waals surface area contributed by atoms with Gasteiger partial charge in [-0.25, -0.2) is 0 Å². The van der Waals surface area contributed by atoms with Gasteiger partial charge in [-0.15, -0.1) is 0 Å². The third kappa shape index (κ3) is 1.30. The van der Waals surface area contributed by atoms with Crippen LogP contribution in [0, 0.1) is 5.92 Å². The van der Waals surface area contributed by atoms with Gasteiger partial charge >= 0.3 is 0 Å². The summed E-state index contributed by atoms with van der Waals surface area (Å²) in [5.74, 6) is 0.599. The maximum atomic E-state index is 2.38. The van der Waals surface area contributed by atoms with Crippen molar-refractivity contribution in [2.75, 3.05) is 0 Å². The molecule has 0 fully saturated rings. The molecule has 2 aliphatic carbocycles. The van der Waals surface area contributed by atoms with E-state index in [-0.39, 0.29) is 0 Å². The summed E-state index contributed by atoms with van der Waals surface area (Å²) < 4.78 is 0. The minimum Gasteiger partial charge on any atom is -0.0770 e. The Bertz CT molecular complexity index is 386. The molecular weight excluding hydrogens is 168 g/mol.